The van der Waals surface area contributed by atoms with Gasteiger partial charge in [-0.25, -0.2) is 0 Å². The van der Waals surface area contributed by atoms with E-state index in [-0.39, 0.29) is 5.91 Å². The van der Waals surface area contributed by atoms with Gasteiger partial charge < -0.3 is 5.73 Å². The molecular formula is C10H12BrNO. The summed E-state index contributed by atoms with van der Waals surface area (Å²) in [6.45, 7) is 0. The summed E-state index contributed by atoms with van der Waals surface area (Å²) in [5, 5.41) is 0. The van der Waals surface area contributed by atoms with Crippen LogP contribution >= 0.6 is 15.9 Å². The zero-order valence-corrected chi connectivity index (χ0v) is 8.88. The van der Waals surface area contributed by atoms with Crippen LogP contribution < -0.4 is 5.73 Å². The molecule has 0 radical (unpaired) electrons. The van der Waals surface area contributed by atoms with E-state index >= 15 is 0 Å². The summed E-state index contributed by atoms with van der Waals surface area (Å²) in [4.78, 5) is 11.2. The van der Waals surface area contributed by atoms with Crippen molar-refractivity contribution in [3.05, 3.63) is 23.8 Å². The van der Waals surface area contributed by atoms with E-state index in [2.05, 4.69) is 22.0 Å². The molecule has 3 heteroatoms. The van der Waals surface area contributed by atoms with E-state index in [4.69, 9.17) is 5.73 Å². The maximum Gasteiger partial charge on any atom is 0.238 e. The Morgan fingerprint density at radius 3 is 2.85 bits per heavy atom. The van der Waals surface area contributed by atoms with Gasteiger partial charge in [-0.1, -0.05) is 39.7 Å². The maximum atomic E-state index is 11.2. The Hall–Kier alpha value is -0.570. The minimum Gasteiger partial charge on any atom is -0.368 e. The van der Waals surface area contributed by atoms with Crippen molar-refractivity contribution >= 4 is 21.8 Å². The van der Waals surface area contributed by atoms with Crippen molar-refractivity contribution < 1.29 is 4.79 Å². The lowest BCUT2D eigenvalue weighted by Crippen LogP contribution is -2.37. The highest BCUT2D eigenvalue weighted by Gasteiger charge is 2.37. The first-order valence-electron chi connectivity index (χ1n) is 4.49. The Bertz CT molecular complexity index is 304. The van der Waals surface area contributed by atoms with E-state index < -0.39 is 4.32 Å². The van der Waals surface area contributed by atoms with Crippen LogP contribution in [-0.4, -0.2) is 10.2 Å². The summed E-state index contributed by atoms with van der Waals surface area (Å²) in [5.41, 5.74) is 6.68. The average Bonchev–Trinajstić information content (AvgIpc) is 2.86. The second-order valence-corrected chi connectivity index (χ2v) is 5.19. The first kappa shape index (κ1) is 9.00. The molecule has 0 heterocycles. The smallest absolute Gasteiger partial charge is 0.238 e. The number of carbonyl (C=O) groups excluding carboxylic acids is 1. The van der Waals surface area contributed by atoms with E-state index in [1.54, 1.807) is 0 Å². The molecular weight excluding hydrogens is 230 g/mol. The highest BCUT2D eigenvalue weighted by molar-refractivity contribution is 9.10. The van der Waals surface area contributed by atoms with Crippen LogP contribution in [0.2, 0.25) is 0 Å². The number of hydrogen-bond donors (Lipinski definition) is 1. The molecule has 0 aromatic carbocycles. The van der Waals surface area contributed by atoms with Gasteiger partial charge in [0.15, 0.2) is 0 Å². The number of nitrogens with two attached hydrogens (primary N) is 1. The van der Waals surface area contributed by atoms with E-state index in [0.29, 0.717) is 5.92 Å². The van der Waals surface area contributed by atoms with E-state index in [9.17, 15) is 4.79 Å². The van der Waals surface area contributed by atoms with Gasteiger partial charge in [0.05, 0.1) is 0 Å². The zero-order valence-electron chi connectivity index (χ0n) is 7.29. The summed E-state index contributed by atoms with van der Waals surface area (Å²) < 4.78 is -0.625. The molecule has 2 nitrogen and oxygen atoms in total. The standard InChI is InChI=1S/C10H12BrNO/c11-10(9(12)13)5-1-2-8(6-10)7-3-4-7/h1-2,5,7H,3-4,6H2,(H2,12,13). The predicted octanol–water partition coefficient (Wildman–Crippen LogP) is 1.90. The third-order valence-electron chi connectivity index (χ3n) is 2.64. The lowest BCUT2D eigenvalue weighted by Gasteiger charge is -2.24. The van der Waals surface area contributed by atoms with Gasteiger partial charge in [-0.05, 0) is 25.2 Å². The second-order valence-electron chi connectivity index (χ2n) is 3.78. The van der Waals surface area contributed by atoms with Gasteiger partial charge in [-0.2, -0.15) is 0 Å². The zero-order chi connectivity index (χ0) is 9.47. The predicted molar refractivity (Wildman–Crippen MR) is 55.4 cm³/mol. The molecule has 2 aliphatic rings. The molecule has 1 saturated carbocycles. The third-order valence-corrected chi connectivity index (χ3v) is 3.58. The van der Waals surface area contributed by atoms with Crippen LogP contribution in [0.3, 0.4) is 0 Å². The number of alkyl halides is 1. The molecule has 2 aliphatic carbocycles. The third kappa shape index (κ3) is 1.70. The highest BCUT2D eigenvalue weighted by atomic mass is 79.9. The average molecular weight is 242 g/mol. The molecule has 0 aromatic rings. The van der Waals surface area contributed by atoms with Crippen molar-refractivity contribution in [2.45, 2.75) is 23.6 Å². The number of carbonyl (C=O) groups is 1. The molecule has 1 amide bonds. The number of rotatable bonds is 2. The summed E-state index contributed by atoms with van der Waals surface area (Å²) in [7, 11) is 0. The van der Waals surface area contributed by atoms with Crippen molar-refractivity contribution in [2.75, 3.05) is 0 Å². The fourth-order valence-electron chi connectivity index (χ4n) is 1.64. The van der Waals surface area contributed by atoms with Crippen molar-refractivity contribution in [3.63, 3.8) is 0 Å². The lowest BCUT2D eigenvalue weighted by molar-refractivity contribution is -0.119. The first-order chi connectivity index (χ1) is 6.12. The molecule has 2 N–H and O–H groups in total. The highest BCUT2D eigenvalue weighted by Crippen LogP contribution is 2.43. The Kier molecular flexibility index (Phi) is 2.06. The largest absolute Gasteiger partial charge is 0.368 e. The van der Waals surface area contributed by atoms with Crippen LogP contribution in [0.1, 0.15) is 19.3 Å². The van der Waals surface area contributed by atoms with Gasteiger partial charge >= 0.3 is 0 Å². The molecule has 0 aliphatic heterocycles. The van der Waals surface area contributed by atoms with Crippen molar-refractivity contribution in [1.29, 1.82) is 0 Å². The monoisotopic (exact) mass is 241 g/mol. The minimum absolute atomic E-state index is 0.296. The maximum absolute atomic E-state index is 11.2. The normalized spacial score (nSPS) is 32.8. The van der Waals surface area contributed by atoms with Crippen molar-refractivity contribution in [2.24, 2.45) is 11.7 Å². The molecule has 0 bridgehead atoms. The van der Waals surface area contributed by atoms with E-state index in [0.717, 1.165) is 6.42 Å². The van der Waals surface area contributed by atoms with Gasteiger partial charge in [0, 0.05) is 0 Å². The van der Waals surface area contributed by atoms with E-state index in [1.165, 1.54) is 18.4 Å². The topological polar surface area (TPSA) is 43.1 Å². The molecule has 1 unspecified atom stereocenters. The molecule has 0 saturated heterocycles. The van der Waals surface area contributed by atoms with Gasteiger partial charge in [-0.3, -0.25) is 4.79 Å². The van der Waals surface area contributed by atoms with Crippen molar-refractivity contribution in [3.8, 4) is 0 Å². The summed E-state index contributed by atoms with van der Waals surface area (Å²) in [6.07, 6.45) is 9.14. The number of primary amides is 1. The molecule has 13 heavy (non-hydrogen) atoms. The number of allylic oxidation sites excluding steroid dienone is 3. The quantitative estimate of drug-likeness (QED) is 0.738. The lowest BCUT2D eigenvalue weighted by atomic mass is 9.91. The summed E-state index contributed by atoms with van der Waals surface area (Å²) >= 11 is 3.39. The van der Waals surface area contributed by atoms with Gasteiger partial charge in [0.25, 0.3) is 0 Å². The fourth-order valence-corrected chi connectivity index (χ4v) is 2.12. The van der Waals surface area contributed by atoms with E-state index in [1.807, 2.05) is 12.2 Å². The molecule has 1 fully saturated rings. The summed E-state index contributed by atoms with van der Waals surface area (Å²) in [5.74, 6) is 0.413. The number of hydrogen-bond acceptors (Lipinski definition) is 1. The van der Waals surface area contributed by atoms with Crippen molar-refractivity contribution in [1.82, 2.24) is 0 Å². The van der Waals surface area contributed by atoms with Crippen LogP contribution in [0.15, 0.2) is 23.8 Å². The summed E-state index contributed by atoms with van der Waals surface area (Å²) in [6, 6.07) is 0. The Labute approximate surface area is 86.0 Å². The van der Waals surface area contributed by atoms with Gasteiger partial charge in [-0.15, -0.1) is 0 Å². The van der Waals surface area contributed by atoms with Crippen LogP contribution in [0.5, 0.6) is 0 Å². The van der Waals surface area contributed by atoms with Gasteiger partial charge in [0.2, 0.25) is 5.91 Å². The van der Waals surface area contributed by atoms with Crippen LogP contribution in [0.25, 0.3) is 0 Å². The molecule has 2 rings (SSSR count). The minimum atomic E-state index is -0.625. The van der Waals surface area contributed by atoms with Gasteiger partial charge in [0.1, 0.15) is 4.32 Å². The molecule has 0 spiro atoms. The number of halogens is 1. The molecule has 0 aromatic heterocycles. The fraction of sp³-hybridized carbons (Fsp3) is 0.500. The van der Waals surface area contributed by atoms with Crippen LogP contribution in [0.4, 0.5) is 0 Å². The Balaban J connectivity index is 2.17. The number of amides is 1. The first-order valence-corrected chi connectivity index (χ1v) is 5.28. The Morgan fingerprint density at radius 1 is 1.62 bits per heavy atom. The van der Waals surface area contributed by atoms with Crippen LogP contribution in [-0.2, 0) is 4.79 Å². The SMILES string of the molecule is NC(=O)C1(Br)C=CC=C(C2CC2)C1. The second kappa shape index (κ2) is 2.98. The van der Waals surface area contributed by atoms with Crippen LogP contribution in [0, 0.1) is 5.92 Å². The molecule has 1 atom stereocenters. The molecule has 70 valence electrons. The Morgan fingerprint density at radius 2 is 2.31 bits per heavy atom.